The lowest BCUT2D eigenvalue weighted by Gasteiger charge is -2.02. The van der Waals surface area contributed by atoms with Crippen molar-refractivity contribution >= 4 is 17.4 Å². The van der Waals surface area contributed by atoms with Gasteiger partial charge in [0.15, 0.2) is 0 Å². The van der Waals surface area contributed by atoms with Crippen LogP contribution in [0, 0.1) is 6.92 Å². The minimum Gasteiger partial charge on any atom is -0.294 e. The van der Waals surface area contributed by atoms with Gasteiger partial charge >= 0.3 is 0 Å². The van der Waals surface area contributed by atoms with Crippen LogP contribution in [0.4, 0.5) is 0 Å². The first-order valence-electron chi connectivity index (χ1n) is 5.88. The molecule has 0 aliphatic rings. The molecule has 18 heavy (non-hydrogen) atoms. The lowest BCUT2D eigenvalue weighted by Crippen LogP contribution is -1.87. The van der Waals surface area contributed by atoms with Crippen LogP contribution in [0.1, 0.15) is 5.56 Å². The Morgan fingerprint density at radius 3 is 2.56 bits per heavy atom. The number of thioether (sulfide) groups is 1. The first-order chi connectivity index (χ1) is 8.79. The van der Waals surface area contributed by atoms with Crippen molar-refractivity contribution in [2.45, 2.75) is 11.9 Å². The van der Waals surface area contributed by atoms with Gasteiger partial charge in [-0.3, -0.25) is 4.40 Å². The van der Waals surface area contributed by atoms with Gasteiger partial charge in [-0.05, 0) is 24.8 Å². The van der Waals surface area contributed by atoms with Gasteiger partial charge in [-0.25, -0.2) is 4.98 Å². The number of hydrogen-bond acceptors (Lipinski definition) is 2. The van der Waals surface area contributed by atoms with Crippen molar-refractivity contribution in [1.29, 1.82) is 0 Å². The maximum absolute atomic E-state index is 4.74. The Bertz CT molecular complexity index is 686. The van der Waals surface area contributed by atoms with Crippen LogP contribution in [-0.2, 0) is 0 Å². The van der Waals surface area contributed by atoms with Crippen molar-refractivity contribution in [2.24, 2.45) is 0 Å². The van der Waals surface area contributed by atoms with Gasteiger partial charge in [-0.1, -0.05) is 36.4 Å². The number of benzene rings is 1. The highest BCUT2D eigenvalue weighted by Gasteiger charge is 2.12. The van der Waals surface area contributed by atoms with Crippen molar-refractivity contribution < 1.29 is 0 Å². The molecular weight excluding hydrogens is 240 g/mol. The standard InChI is InChI=1S/C15H14N2S/c1-11-8-9-13-16-14(12-6-4-3-5-7-12)15(18-2)17(13)10-11/h3-10H,1-2H3. The zero-order valence-electron chi connectivity index (χ0n) is 10.4. The molecule has 0 aliphatic carbocycles. The number of aryl methyl sites for hydroxylation is 1. The Kier molecular flexibility index (Phi) is 2.84. The minimum atomic E-state index is 1.00. The molecule has 0 unspecified atom stereocenters. The average Bonchev–Trinajstić information content (AvgIpc) is 2.77. The second kappa shape index (κ2) is 4.50. The van der Waals surface area contributed by atoms with Crippen LogP contribution in [0.2, 0.25) is 0 Å². The van der Waals surface area contributed by atoms with Crippen molar-refractivity contribution in [3.8, 4) is 11.3 Å². The van der Waals surface area contributed by atoms with E-state index in [1.165, 1.54) is 16.2 Å². The number of imidazole rings is 1. The van der Waals surface area contributed by atoms with E-state index >= 15 is 0 Å². The number of fused-ring (bicyclic) bond motifs is 1. The van der Waals surface area contributed by atoms with Gasteiger partial charge in [0.1, 0.15) is 16.4 Å². The molecule has 2 aromatic heterocycles. The third-order valence-corrected chi connectivity index (χ3v) is 3.74. The van der Waals surface area contributed by atoms with Gasteiger partial charge < -0.3 is 0 Å². The molecule has 3 heteroatoms. The van der Waals surface area contributed by atoms with Crippen LogP contribution in [-0.4, -0.2) is 15.6 Å². The average molecular weight is 254 g/mol. The lowest BCUT2D eigenvalue weighted by molar-refractivity contribution is 1.04. The first kappa shape index (κ1) is 11.4. The molecular formula is C15H14N2S. The number of pyridine rings is 1. The lowest BCUT2D eigenvalue weighted by atomic mass is 10.2. The third kappa shape index (κ3) is 1.81. The summed E-state index contributed by atoms with van der Waals surface area (Å²) in [4.78, 5) is 4.74. The molecule has 0 aliphatic heterocycles. The van der Waals surface area contributed by atoms with Crippen molar-refractivity contribution in [3.63, 3.8) is 0 Å². The highest BCUT2D eigenvalue weighted by Crippen LogP contribution is 2.30. The Balaban J connectivity index is 2.30. The molecule has 0 N–H and O–H groups in total. The van der Waals surface area contributed by atoms with Crippen molar-refractivity contribution in [3.05, 3.63) is 54.2 Å². The Morgan fingerprint density at radius 1 is 1.06 bits per heavy atom. The van der Waals surface area contributed by atoms with Gasteiger partial charge in [-0.15, -0.1) is 11.8 Å². The fraction of sp³-hybridized carbons (Fsp3) is 0.133. The molecule has 2 nitrogen and oxygen atoms in total. The Labute approximate surface area is 111 Å². The van der Waals surface area contributed by atoms with Crippen LogP contribution >= 0.6 is 11.8 Å². The summed E-state index contributed by atoms with van der Waals surface area (Å²) in [5.74, 6) is 0. The number of nitrogens with zero attached hydrogens (tertiary/aromatic N) is 2. The van der Waals surface area contributed by atoms with Crippen LogP contribution in [0.3, 0.4) is 0 Å². The quantitative estimate of drug-likeness (QED) is 0.642. The van der Waals surface area contributed by atoms with Crippen molar-refractivity contribution in [2.75, 3.05) is 6.26 Å². The maximum atomic E-state index is 4.74. The zero-order valence-corrected chi connectivity index (χ0v) is 11.2. The molecule has 0 atom stereocenters. The van der Waals surface area contributed by atoms with E-state index < -0.39 is 0 Å². The monoisotopic (exact) mass is 254 g/mol. The van der Waals surface area contributed by atoms with E-state index in [9.17, 15) is 0 Å². The molecule has 0 saturated carbocycles. The van der Waals surface area contributed by atoms with Gasteiger partial charge in [0.05, 0.1) is 0 Å². The molecule has 2 heterocycles. The van der Waals surface area contributed by atoms with Crippen LogP contribution in [0.15, 0.2) is 53.7 Å². The van der Waals surface area contributed by atoms with Gasteiger partial charge in [0, 0.05) is 11.8 Å². The largest absolute Gasteiger partial charge is 0.294 e. The van der Waals surface area contributed by atoms with E-state index in [4.69, 9.17) is 4.98 Å². The molecule has 0 amide bonds. The van der Waals surface area contributed by atoms with Gasteiger partial charge in [-0.2, -0.15) is 0 Å². The summed E-state index contributed by atoms with van der Waals surface area (Å²) in [6, 6.07) is 14.5. The molecule has 3 rings (SSSR count). The Morgan fingerprint density at radius 2 is 1.83 bits per heavy atom. The summed E-state index contributed by atoms with van der Waals surface area (Å²) in [5, 5.41) is 1.19. The minimum absolute atomic E-state index is 1.00. The summed E-state index contributed by atoms with van der Waals surface area (Å²) in [6.07, 6.45) is 4.23. The van der Waals surface area contributed by atoms with E-state index in [0.29, 0.717) is 0 Å². The summed E-state index contributed by atoms with van der Waals surface area (Å²) >= 11 is 1.74. The first-order valence-corrected chi connectivity index (χ1v) is 7.10. The van der Waals surface area contributed by atoms with Gasteiger partial charge in [0.25, 0.3) is 0 Å². The molecule has 1 aromatic carbocycles. The second-order valence-corrected chi connectivity index (χ2v) is 5.07. The van der Waals surface area contributed by atoms with E-state index in [0.717, 1.165) is 11.3 Å². The Hall–Kier alpha value is -1.74. The SMILES string of the molecule is CSc1c(-c2ccccc2)nc2ccc(C)cn12. The summed E-state index contributed by atoms with van der Waals surface area (Å²) in [7, 11) is 0. The third-order valence-electron chi connectivity index (χ3n) is 2.96. The zero-order chi connectivity index (χ0) is 12.5. The second-order valence-electron chi connectivity index (χ2n) is 4.27. The normalized spacial score (nSPS) is 11.0. The number of aromatic nitrogens is 2. The fourth-order valence-corrected chi connectivity index (χ4v) is 2.81. The van der Waals surface area contributed by atoms with E-state index in [2.05, 4.69) is 60.2 Å². The topological polar surface area (TPSA) is 17.3 Å². The fourth-order valence-electron chi connectivity index (χ4n) is 2.11. The number of rotatable bonds is 2. The summed E-state index contributed by atoms with van der Waals surface area (Å²) < 4.78 is 2.17. The predicted octanol–water partition coefficient (Wildman–Crippen LogP) is 4.03. The van der Waals surface area contributed by atoms with Crippen LogP contribution in [0.25, 0.3) is 16.9 Å². The highest BCUT2D eigenvalue weighted by molar-refractivity contribution is 7.98. The van der Waals surface area contributed by atoms with E-state index in [1.807, 2.05) is 6.07 Å². The molecule has 0 radical (unpaired) electrons. The van der Waals surface area contributed by atoms with Gasteiger partial charge in [0.2, 0.25) is 0 Å². The van der Waals surface area contributed by atoms with E-state index in [-0.39, 0.29) is 0 Å². The number of hydrogen-bond donors (Lipinski definition) is 0. The predicted molar refractivity (Wildman–Crippen MR) is 77.1 cm³/mol. The van der Waals surface area contributed by atoms with Crippen molar-refractivity contribution in [1.82, 2.24) is 9.38 Å². The summed E-state index contributed by atoms with van der Waals surface area (Å²) in [5.41, 5.74) is 4.48. The molecule has 0 saturated heterocycles. The van der Waals surface area contributed by atoms with Crippen LogP contribution < -0.4 is 0 Å². The maximum Gasteiger partial charge on any atom is 0.138 e. The van der Waals surface area contributed by atoms with E-state index in [1.54, 1.807) is 11.8 Å². The molecule has 3 aromatic rings. The molecule has 0 spiro atoms. The molecule has 0 bridgehead atoms. The molecule has 0 fully saturated rings. The summed E-state index contributed by atoms with van der Waals surface area (Å²) in [6.45, 7) is 2.10. The highest BCUT2D eigenvalue weighted by atomic mass is 32.2. The molecule has 90 valence electrons. The smallest absolute Gasteiger partial charge is 0.138 e. The van der Waals surface area contributed by atoms with Crippen LogP contribution in [0.5, 0.6) is 0 Å².